The van der Waals surface area contributed by atoms with Gasteiger partial charge in [-0.05, 0) is 95.7 Å². The van der Waals surface area contributed by atoms with Crippen LogP contribution in [0.1, 0.15) is 35.3 Å². The quantitative estimate of drug-likeness (QED) is 0.131. The molecule has 0 unspecified atom stereocenters. The Morgan fingerprint density at radius 3 is 2.50 bits per heavy atom. The van der Waals surface area contributed by atoms with Gasteiger partial charge in [0.05, 0.1) is 32.3 Å². The van der Waals surface area contributed by atoms with Crippen LogP contribution in [0.2, 0.25) is 5.02 Å². The number of thioether (sulfide) groups is 1. The SMILES string of the molecule is CCOC(=O)c1cc(NC(=O)CN2C(=O)S/C(=C/c3cc(I)c(OCc4ccccc4)c(OCC)c3)C2=O)ccc1Cl. The first-order valence-corrected chi connectivity index (χ1v) is 15.1. The molecule has 0 aromatic heterocycles. The van der Waals surface area contributed by atoms with Gasteiger partial charge in [-0.25, -0.2) is 4.79 Å². The summed E-state index contributed by atoms with van der Waals surface area (Å²) in [5.41, 5.74) is 2.00. The molecule has 1 aliphatic heterocycles. The number of ether oxygens (including phenoxy) is 3. The molecule has 3 aromatic rings. The van der Waals surface area contributed by atoms with Gasteiger partial charge >= 0.3 is 5.97 Å². The molecule has 1 saturated heterocycles. The summed E-state index contributed by atoms with van der Waals surface area (Å²) in [5.74, 6) is -0.760. The summed E-state index contributed by atoms with van der Waals surface area (Å²) in [6.45, 7) is 3.94. The van der Waals surface area contributed by atoms with E-state index in [-0.39, 0.29) is 27.8 Å². The number of halogens is 2. The monoisotopic (exact) mass is 720 g/mol. The summed E-state index contributed by atoms with van der Waals surface area (Å²) in [6, 6.07) is 17.6. The number of nitrogens with zero attached hydrogens (tertiary/aromatic N) is 1. The standard InChI is InChI=1S/C30H26ClIN2O7S/c1-3-39-24-13-19(12-23(32)27(24)41-17-18-8-6-5-7-9-18)14-25-28(36)34(30(38)42-25)16-26(35)33-20-10-11-22(31)21(15-20)29(37)40-4-2/h5-15H,3-4,16-17H2,1-2H3,(H,33,35)/b25-14+. The lowest BCUT2D eigenvalue weighted by molar-refractivity contribution is -0.127. The molecular weight excluding hydrogens is 695 g/mol. The van der Waals surface area contributed by atoms with E-state index in [9.17, 15) is 19.2 Å². The van der Waals surface area contributed by atoms with Gasteiger partial charge in [0.2, 0.25) is 5.91 Å². The second kappa shape index (κ2) is 14.6. The molecule has 1 heterocycles. The van der Waals surface area contributed by atoms with Crippen LogP contribution in [0.15, 0.2) is 65.6 Å². The largest absolute Gasteiger partial charge is 0.490 e. The van der Waals surface area contributed by atoms with E-state index in [1.54, 1.807) is 19.1 Å². The number of hydrogen-bond acceptors (Lipinski definition) is 8. The molecular formula is C30H26ClIN2O7S. The van der Waals surface area contributed by atoms with Gasteiger partial charge in [-0.1, -0.05) is 41.9 Å². The molecule has 4 rings (SSSR count). The molecule has 0 atom stereocenters. The van der Waals surface area contributed by atoms with E-state index < -0.39 is 29.6 Å². The van der Waals surface area contributed by atoms with Gasteiger partial charge in [0, 0.05) is 5.69 Å². The van der Waals surface area contributed by atoms with E-state index in [0.717, 1.165) is 25.8 Å². The second-order valence-electron chi connectivity index (χ2n) is 8.77. The lowest BCUT2D eigenvalue weighted by atomic mass is 10.1. The van der Waals surface area contributed by atoms with Gasteiger partial charge in [0.15, 0.2) is 11.5 Å². The minimum Gasteiger partial charge on any atom is -0.490 e. The Bertz CT molecular complexity index is 1550. The van der Waals surface area contributed by atoms with Crippen molar-refractivity contribution in [2.45, 2.75) is 20.5 Å². The third kappa shape index (κ3) is 7.84. The molecule has 12 heteroatoms. The molecule has 9 nitrogen and oxygen atoms in total. The Morgan fingerprint density at radius 1 is 1.02 bits per heavy atom. The van der Waals surface area contributed by atoms with Crippen molar-refractivity contribution in [2.24, 2.45) is 0 Å². The molecule has 218 valence electrons. The zero-order valence-corrected chi connectivity index (χ0v) is 26.4. The third-order valence-corrected chi connectivity index (χ3v) is 7.81. The molecule has 0 bridgehead atoms. The topological polar surface area (TPSA) is 111 Å². The van der Waals surface area contributed by atoms with Gasteiger partial charge in [-0.3, -0.25) is 19.3 Å². The Labute approximate surface area is 265 Å². The molecule has 1 N–H and O–H groups in total. The average Bonchev–Trinajstić information content (AvgIpc) is 3.21. The van der Waals surface area contributed by atoms with E-state index >= 15 is 0 Å². The Kier molecular flexibility index (Phi) is 10.9. The van der Waals surface area contributed by atoms with Crippen molar-refractivity contribution >= 4 is 80.7 Å². The first kappa shape index (κ1) is 31.4. The highest BCUT2D eigenvalue weighted by Crippen LogP contribution is 2.38. The third-order valence-electron chi connectivity index (χ3n) is 5.78. The molecule has 1 fully saturated rings. The number of rotatable bonds is 11. The Hall–Kier alpha value is -3.55. The minimum absolute atomic E-state index is 0.0861. The van der Waals surface area contributed by atoms with Crippen LogP contribution in [0.5, 0.6) is 11.5 Å². The van der Waals surface area contributed by atoms with Crippen molar-refractivity contribution < 1.29 is 33.4 Å². The number of amides is 3. The normalized spacial score (nSPS) is 13.8. The van der Waals surface area contributed by atoms with Crippen molar-refractivity contribution in [1.82, 2.24) is 4.90 Å². The number of esters is 1. The van der Waals surface area contributed by atoms with E-state index in [1.807, 2.05) is 43.3 Å². The van der Waals surface area contributed by atoms with E-state index in [0.29, 0.717) is 30.3 Å². The zero-order chi connectivity index (χ0) is 30.2. The van der Waals surface area contributed by atoms with Crippen LogP contribution in [-0.4, -0.2) is 47.7 Å². The second-order valence-corrected chi connectivity index (χ2v) is 11.3. The highest BCUT2D eigenvalue weighted by Gasteiger charge is 2.36. The molecule has 0 radical (unpaired) electrons. The van der Waals surface area contributed by atoms with Crippen LogP contribution >= 0.6 is 46.0 Å². The van der Waals surface area contributed by atoms with Crippen molar-refractivity contribution in [1.29, 1.82) is 0 Å². The zero-order valence-electron chi connectivity index (χ0n) is 22.6. The highest BCUT2D eigenvalue weighted by atomic mass is 127. The maximum absolute atomic E-state index is 13.1. The smallest absolute Gasteiger partial charge is 0.339 e. The maximum atomic E-state index is 13.1. The fourth-order valence-electron chi connectivity index (χ4n) is 3.90. The Morgan fingerprint density at radius 2 is 1.79 bits per heavy atom. The van der Waals surface area contributed by atoms with Crippen molar-refractivity contribution in [3.05, 3.63) is 90.9 Å². The lowest BCUT2D eigenvalue weighted by Gasteiger charge is -2.15. The molecule has 0 saturated carbocycles. The van der Waals surface area contributed by atoms with Crippen LogP contribution in [-0.2, 0) is 20.9 Å². The predicted molar refractivity (Wildman–Crippen MR) is 170 cm³/mol. The summed E-state index contributed by atoms with van der Waals surface area (Å²) in [4.78, 5) is 51.6. The van der Waals surface area contributed by atoms with Crippen LogP contribution in [0, 0.1) is 3.57 Å². The molecule has 42 heavy (non-hydrogen) atoms. The van der Waals surface area contributed by atoms with Crippen LogP contribution in [0.4, 0.5) is 10.5 Å². The predicted octanol–water partition coefficient (Wildman–Crippen LogP) is 6.77. The van der Waals surface area contributed by atoms with Crippen molar-refractivity contribution in [3.63, 3.8) is 0 Å². The van der Waals surface area contributed by atoms with Gasteiger partial charge < -0.3 is 19.5 Å². The van der Waals surface area contributed by atoms with Crippen LogP contribution in [0.25, 0.3) is 6.08 Å². The molecule has 0 aliphatic carbocycles. The van der Waals surface area contributed by atoms with Gasteiger partial charge in [0.1, 0.15) is 13.2 Å². The number of imide groups is 1. The minimum atomic E-state index is -0.632. The van der Waals surface area contributed by atoms with Crippen molar-refractivity contribution in [2.75, 3.05) is 25.1 Å². The fraction of sp³-hybridized carbons (Fsp3) is 0.200. The van der Waals surface area contributed by atoms with Crippen LogP contribution in [0.3, 0.4) is 0 Å². The van der Waals surface area contributed by atoms with Crippen molar-refractivity contribution in [3.8, 4) is 11.5 Å². The molecule has 1 aliphatic rings. The Balaban J connectivity index is 1.47. The summed E-state index contributed by atoms with van der Waals surface area (Å²) in [6.07, 6.45) is 1.58. The van der Waals surface area contributed by atoms with Gasteiger partial charge in [-0.15, -0.1) is 0 Å². The molecule has 3 aromatic carbocycles. The van der Waals surface area contributed by atoms with E-state index in [4.69, 9.17) is 25.8 Å². The summed E-state index contributed by atoms with van der Waals surface area (Å²) in [7, 11) is 0. The number of benzene rings is 3. The highest BCUT2D eigenvalue weighted by molar-refractivity contribution is 14.1. The summed E-state index contributed by atoms with van der Waals surface area (Å²) >= 11 is 8.95. The maximum Gasteiger partial charge on any atom is 0.339 e. The number of nitrogens with one attached hydrogen (secondary N) is 1. The average molecular weight is 721 g/mol. The first-order valence-electron chi connectivity index (χ1n) is 12.8. The summed E-state index contributed by atoms with van der Waals surface area (Å²) in [5, 5.41) is 2.18. The first-order chi connectivity index (χ1) is 20.2. The lowest BCUT2D eigenvalue weighted by Crippen LogP contribution is -2.36. The fourth-order valence-corrected chi connectivity index (χ4v) is 5.72. The number of carbonyl (C=O) groups is 4. The van der Waals surface area contributed by atoms with Gasteiger partial charge in [-0.2, -0.15) is 0 Å². The molecule has 3 amide bonds. The summed E-state index contributed by atoms with van der Waals surface area (Å²) < 4.78 is 17.6. The van der Waals surface area contributed by atoms with E-state index in [1.165, 1.54) is 18.2 Å². The number of hydrogen-bond donors (Lipinski definition) is 1. The number of carbonyl (C=O) groups excluding carboxylic acids is 4. The molecule has 0 spiro atoms. The number of anilines is 1. The van der Waals surface area contributed by atoms with Gasteiger partial charge in [0.25, 0.3) is 11.1 Å². The van der Waals surface area contributed by atoms with Crippen LogP contribution < -0.4 is 14.8 Å². The van der Waals surface area contributed by atoms with E-state index in [2.05, 4.69) is 27.9 Å².